The van der Waals surface area contributed by atoms with Crippen LogP contribution in [0.2, 0.25) is 0 Å². The molecule has 1 atom stereocenters. The van der Waals surface area contributed by atoms with E-state index >= 15 is 0 Å². The third-order valence-corrected chi connectivity index (χ3v) is 1.42. The number of hydrogen-bond acceptors (Lipinski definition) is 4. The van der Waals surface area contributed by atoms with E-state index in [-0.39, 0.29) is 6.04 Å². The Hall–Kier alpha value is -1.41. The van der Waals surface area contributed by atoms with E-state index in [0.29, 0.717) is 12.2 Å². The van der Waals surface area contributed by atoms with Crippen LogP contribution in [-0.2, 0) is 0 Å². The third-order valence-electron chi connectivity index (χ3n) is 1.42. The molecule has 11 heavy (non-hydrogen) atoms. The fraction of sp³-hybridized carbons (Fsp3) is 0.500. The molecule has 0 saturated carbocycles. The van der Waals surface area contributed by atoms with Crippen LogP contribution in [-0.4, -0.2) is 21.5 Å². The highest BCUT2D eigenvalue weighted by atomic mass is 15.4. The second kappa shape index (κ2) is 3.12. The largest absolute Gasteiger partial charge is 0.328 e. The molecule has 0 spiro atoms. The Morgan fingerprint density at radius 2 is 2.64 bits per heavy atom. The molecule has 5 nitrogen and oxygen atoms in total. The van der Waals surface area contributed by atoms with Crippen molar-refractivity contribution in [2.24, 2.45) is 5.73 Å². The first-order chi connectivity index (χ1) is 5.27. The topological polar surface area (TPSA) is 80.5 Å². The van der Waals surface area contributed by atoms with E-state index in [0.717, 1.165) is 0 Å². The highest BCUT2D eigenvalue weighted by Crippen LogP contribution is 2.00. The first kappa shape index (κ1) is 7.69. The van der Waals surface area contributed by atoms with Crippen molar-refractivity contribution in [3.8, 4) is 6.07 Å². The van der Waals surface area contributed by atoms with Crippen LogP contribution in [0.5, 0.6) is 0 Å². The third kappa shape index (κ3) is 1.53. The maximum atomic E-state index is 8.41. The molecule has 58 valence electrons. The van der Waals surface area contributed by atoms with Crippen molar-refractivity contribution in [3.63, 3.8) is 0 Å². The maximum Gasteiger partial charge on any atom is 0.182 e. The summed E-state index contributed by atoms with van der Waals surface area (Å²) in [5.41, 5.74) is 5.71. The summed E-state index contributed by atoms with van der Waals surface area (Å²) < 4.78 is 1.58. The molecule has 1 rings (SSSR count). The number of nitrogens with two attached hydrogens (primary N) is 1. The van der Waals surface area contributed by atoms with Gasteiger partial charge in [0, 0.05) is 6.54 Å². The van der Waals surface area contributed by atoms with Gasteiger partial charge in [0.2, 0.25) is 0 Å². The summed E-state index contributed by atoms with van der Waals surface area (Å²) in [5.74, 6) is 0. The minimum absolute atomic E-state index is 0.101. The van der Waals surface area contributed by atoms with Crippen LogP contribution in [0.15, 0.2) is 6.20 Å². The van der Waals surface area contributed by atoms with Crippen LogP contribution in [0, 0.1) is 11.3 Å². The Morgan fingerprint density at radius 3 is 3.09 bits per heavy atom. The summed E-state index contributed by atoms with van der Waals surface area (Å²) >= 11 is 0. The van der Waals surface area contributed by atoms with Gasteiger partial charge in [0.1, 0.15) is 6.07 Å². The fourth-order valence-electron chi connectivity index (χ4n) is 0.651. The monoisotopic (exact) mass is 151 g/mol. The number of nitrogens with zero attached hydrogens (tertiary/aromatic N) is 4. The Bertz CT molecular complexity index is 271. The van der Waals surface area contributed by atoms with Gasteiger partial charge in [-0.05, 0) is 6.92 Å². The summed E-state index contributed by atoms with van der Waals surface area (Å²) in [4.78, 5) is 0. The molecule has 0 aliphatic heterocycles. The Labute approximate surface area is 64.4 Å². The molecule has 0 aliphatic carbocycles. The summed E-state index contributed by atoms with van der Waals surface area (Å²) in [7, 11) is 0. The van der Waals surface area contributed by atoms with Crippen LogP contribution >= 0.6 is 0 Å². The molecule has 0 radical (unpaired) electrons. The Morgan fingerprint density at radius 1 is 1.91 bits per heavy atom. The zero-order valence-electron chi connectivity index (χ0n) is 6.23. The van der Waals surface area contributed by atoms with Gasteiger partial charge in [-0.25, -0.2) is 4.68 Å². The molecule has 2 N–H and O–H groups in total. The van der Waals surface area contributed by atoms with E-state index < -0.39 is 0 Å². The lowest BCUT2D eigenvalue weighted by atomic mass is 10.3. The van der Waals surface area contributed by atoms with Crippen LogP contribution in [0.3, 0.4) is 0 Å². The number of rotatable bonds is 2. The van der Waals surface area contributed by atoms with Crippen LogP contribution in [0.25, 0.3) is 0 Å². The molecule has 1 aromatic rings. The van der Waals surface area contributed by atoms with Gasteiger partial charge in [-0.3, -0.25) is 0 Å². The van der Waals surface area contributed by atoms with E-state index in [4.69, 9.17) is 11.0 Å². The Balaban J connectivity index is 2.82. The van der Waals surface area contributed by atoms with Crippen molar-refractivity contribution in [2.45, 2.75) is 13.0 Å². The minimum atomic E-state index is 0.101. The van der Waals surface area contributed by atoms with Crippen LogP contribution < -0.4 is 5.73 Å². The first-order valence-corrected chi connectivity index (χ1v) is 3.30. The van der Waals surface area contributed by atoms with Crippen molar-refractivity contribution < 1.29 is 0 Å². The molecular formula is C6H9N5. The summed E-state index contributed by atoms with van der Waals surface area (Å²) in [5, 5.41) is 15.7. The van der Waals surface area contributed by atoms with E-state index in [1.165, 1.54) is 0 Å². The molecule has 0 amide bonds. The van der Waals surface area contributed by atoms with Gasteiger partial charge in [0.25, 0.3) is 0 Å². The molecule has 5 heteroatoms. The molecule has 0 saturated heterocycles. The SMILES string of the molecule is CC(CN)n1cc(C#N)nn1. The predicted octanol–water partition coefficient (Wildman–Crippen LogP) is -0.331. The summed E-state index contributed by atoms with van der Waals surface area (Å²) in [6, 6.07) is 1.99. The fourth-order valence-corrected chi connectivity index (χ4v) is 0.651. The van der Waals surface area contributed by atoms with Crippen molar-refractivity contribution in [3.05, 3.63) is 11.9 Å². The standard InChI is InChI=1S/C6H9N5/c1-5(2-7)11-4-6(3-8)9-10-11/h4-5H,2,7H2,1H3. The van der Waals surface area contributed by atoms with Crippen LogP contribution in [0.1, 0.15) is 18.7 Å². The molecule has 0 fully saturated rings. The normalized spacial score (nSPS) is 12.5. The predicted molar refractivity (Wildman–Crippen MR) is 38.5 cm³/mol. The second-order valence-corrected chi connectivity index (χ2v) is 2.28. The van der Waals surface area contributed by atoms with E-state index in [1.54, 1.807) is 10.9 Å². The van der Waals surface area contributed by atoms with Gasteiger partial charge in [0.15, 0.2) is 5.69 Å². The molecule has 1 heterocycles. The highest BCUT2D eigenvalue weighted by Gasteiger charge is 2.04. The lowest BCUT2D eigenvalue weighted by Crippen LogP contribution is -2.16. The van der Waals surface area contributed by atoms with Gasteiger partial charge in [-0.1, -0.05) is 5.21 Å². The van der Waals surface area contributed by atoms with Crippen molar-refractivity contribution in [2.75, 3.05) is 6.54 Å². The van der Waals surface area contributed by atoms with Gasteiger partial charge >= 0.3 is 0 Å². The lowest BCUT2D eigenvalue weighted by Gasteiger charge is -2.05. The molecular weight excluding hydrogens is 142 g/mol. The molecule has 0 bridgehead atoms. The number of hydrogen-bond donors (Lipinski definition) is 1. The van der Waals surface area contributed by atoms with Crippen molar-refractivity contribution in [1.29, 1.82) is 5.26 Å². The second-order valence-electron chi connectivity index (χ2n) is 2.28. The van der Waals surface area contributed by atoms with Gasteiger partial charge in [-0.15, -0.1) is 5.10 Å². The first-order valence-electron chi connectivity index (χ1n) is 3.30. The van der Waals surface area contributed by atoms with E-state index in [9.17, 15) is 0 Å². The number of nitriles is 1. The number of aromatic nitrogens is 3. The van der Waals surface area contributed by atoms with Gasteiger partial charge in [0.05, 0.1) is 12.2 Å². The zero-order valence-corrected chi connectivity index (χ0v) is 6.23. The quantitative estimate of drug-likeness (QED) is 0.627. The lowest BCUT2D eigenvalue weighted by molar-refractivity contribution is 0.485. The average molecular weight is 151 g/mol. The smallest absolute Gasteiger partial charge is 0.182 e. The molecule has 1 unspecified atom stereocenters. The summed E-state index contributed by atoms with van der Waals surface area (Å²) in [6.07, 6.45) is 1.58. The van der Waals surface area contributed by atoms with Crippen LogP contribution in [0.4, 0.5) is 0 Å². The van der Waals surface area contributed by atoms with Gasteiger partial charge < -0.3 is 5.73 Å². The van der Waals surface area contributed by atoms with E-state index in [2.05, 4.69) is 10.3 Å². The van der Waals surface area contributed by atoms with E-state index in [1.807, 2.05) is 13.0 Å². The average Bonchev–Trinajstić information content (AvgIpc) is 2.50. The highest BCUT2D eigenvalue weighted by molar-refractivity contribution is 5.13. The molecule has 0 aromatic carbocycles. The molecule has 0 aliphatic rings. The molecule has 1 aromatic heterocycles. The van der Waals surface area contributed by atoms with Crippen molar-refractivity contribution >= 4 is 0 Å². The summed E-state index contributed by atoms with van der Waals surface area (Å²) in [6.45, 7) is 2.41. The maximum absolute atomic E-state index is 8.41. The Kier molecular flexibility index (Phi) is 2.18. The zero-order chi connectivity index (χ0) is 8.27. The van der Waals surface area contributed by atoms with Gasteiger partial charge in [-0.2, -0.15) is 5.26 Å². The van der Waals surface area contributed by atoms with Crippen molar-refractivity contribution in [1.82, 2.24) is 15.0 Å². The minimum Gasteiger partial charge on any atom is -0.328 e.